The Balaban J connectivity index is 1.85. The second kappa shape index (κ2) is 7.11. The van der Waals surface area contributed by atoms with E-state index in [4.69, 9.17) is 19.6 Å². The number of anilines is 1. The Hall–Kier alpha value is -2.59. The smallest absolute Gasteiger partial charge is 0.415 e. The number of hydrogen-bond acceptors (Lipinski definition) is 7. The lowest BCUT2D eigenvalue weighted by molar-refractivity contribution is 0.135. The van der Waals surface area contributed by atoms with Crippen LogP contribution >= 0.6 is 15.9 Å². The van der Waals surface area contributed by atoms with Gasteiger partial charge in [0.15, 0.2) is 16.1 Å². The SMILES string of the molecule is COCCN(C)C(=O)Oc1cc(N)n2nc(-c3ccc(Br)o3)nc2c1. The van der Waals surface area contributed by atoms with Gasteiger partial charge in [0.1, 0.15) is 11.6 Å². The van der Waals surface area contributed by atoms with E-state index < -0.39 is 6.09 Å². The minimum atomic E-state index is -0.518. The van der Waals surface area contributed by atoms with Gasteiger partial charge in [0.2, 0.25) is 5.82 Å². The van der Waals surface area contributed by atoms with Gasteiger partial charge in [0, 0.05) is 32.8 Å². The van der Waals surface area contributed by atoms with Crippen molar-refractivity contribution in [3.63, 3.8) is 0 Å². The van der Waals surface area contributed by atoms with Crippen LogP contribution in [0.15, 0.2) is 33.4 Å². The highest BCUT2D eigenvalue weighted by atomic mass is 79.9. The lowest BCUT2D eigenvalue weighted by atomic mass is 10.4. The number of nitrogens with zero attached hydrogens (tertiary/aromatic N) is 4. The van der Waals surface area contributed by atoms with Gasteiger partial charge in [-0.3, -0.25) is 0 Å². The van der Waals surface area contributed by atoms with E-state index in [0.717, 1.165) is 0 Å². The summed E-state index contributed by atoms with van der Waals surface area (Å²) in [6.07, 6.45) is -0.518. The van der Waals surface area contributed by atoms with Crippen molar-refractivity contribution in [3.8, 4) is 17.3 Å². The van der Waals surface area contributed by atoms with Gasteiger partial charge in [-0.25, -0.2) is 9.78 Å². The molecule has 0 aliphatic heterocycles. The van der Waals surface area contributed by atoms with Crippen molar-refractivity contribution in [2.75, 3.05) is 33.0 Å². The number of ether oxygens (including phenoxy) is 2. The molecule has 25 heavy (non-hydrogen) atoms. The maximum absolute atomic E-state index is 12.0. The summed E-state index contributed by atoms with van der Waals surface area (Å²) in [6.45, 7) is 0.828. The summed E-state index contributed by atoms with van der Waals surface area (Å²) < 4.78 is 17.7. The highest BCUT2D eigenvalue weighted by molar-refractivity contribution is 9.10. The lowest BCUT2D eigenvalue weighted by Gasteiger charge is -2.16. The molecular formula is C15H16BrN5O4. The van der Waals surface area contributed by atoms with Crippen molar-refractivity contribution in [2.24, 2.45) is 0 Å². The van der Waals surface area contributed by atoms with E-state index in [2.05, 4.69) is 26.0 Å². The second-order valence-corrected chi connectivity index (χ2v) is 5.99. The molecule has 1 amide bonds. The van der Waals surface area contributed by atoms with Gasteiger partial charge in [0.25, 0.3) is 0 Å². The number of pyridine rings is 1. The zero-order valence-electron chi connectivity index (χ0n) is 13.6. The Labute approximate surface area is 151 Å². The average molecular weight is 410 g/mol. The molecule has 3 heterocycles. The molecule has 10 heteroatoms. The minimum Gasteiger partial charge on any atom is -0.446 e. The van der Waals surface area contributed by atoms with Crippen molar-refractivity contribution in [3.05, 3.63) is 28.9 Å². The zero-order chi connectivity index (χ0) is 18.0. The number of aromatic nitrogens is 3. The standard InChI is InChI=1S/C15H16BrN5O4/c1-20(5-6-23-2)15(22)24-9-7-12(17)21-13(8-9)18-14(19-21)10-3-4-11(16)25-10/h3-4,7-8H,5-6,17H2,1-2H3. The molecule has 9 nitrogen and oxygen atoms in total. The van der Waals surface area contributed by atoms with Gasteiger partial charge in [-0.15, -0.1) is 5.10 Å². The van der Waals surface area contributed by atoms with Crippen LogP contribution in [-0.4, -0.2) is 52.9 Å². The number of fused-ring (bicyclic) bond motifs is 1. The summed E-state index contributed by atoms with van der Waals surface area (Å²) in [7, 11) is 3.18. The van der Waals surface area contributed by atoms with E-state index in [1.54, 1.807) is 32.4 Å². The number of methoxy groups -OCH3 is 1. The molecule has 0 radical (unpaired) electrons. The van der Waals surface area contributed by atoms with Gasteiger partial charge in [-0.1, -0.05) is 0 Å². The summed E-state index contributed by atoms with van der Waals surface area (Å²) in [5.74, 6) is 1.42. The molecular weight excluding hydrogens is 394 g/mol. The van der Waals surface area contributed by atoms with Crippen molar-refractivity contribution < 1.29 is 18.7 Å². The highest BCUT2D eigenvalue weighted by Gasteiger charge is 2.16. The molecule has 0 bridgehead atoms. The molecule has 3 aromatic heterocycles. The number of rotatable bonds is 5. The molecule has 0 aliphatic rings. The largest absolute Gasteiger partial charge is 0.446 e. The topological polar surface area (TPSA) is 108 Å². The van der Waals surface area contributed by atoms with E-state index in [1.807, 2.05) is 0 Å². The van der Waals surface area contributed by atoms with Gasteiger partial charge in [-0.2, -0.15) is 4.52 Å². The van der Waals surface area contributed by atoms with E-state index in [0.29, 0.717) is 35.1 Å². The summed E-state index contributed by atoms with van der Waals surface area (Å²) in [6, 6.07) is 6.56. The number of nitrogen functional groups attached to an aromatic ring is 1. The van der Waals surface area contributed by atoms with Gasteiger partial charge in [-0.05, 0) is 28.1 Å². The third-order valence-corrected chi connectivity index (χ3v) is 3.81. The van der Waals surface area contributed by atoms with Crippen molar-refractivity contribution in [1.29, 1.82) is 0 Å². The number of likely N-dealkylation sites (N-methyl/N-ethyl adjacent to an activating group) is 1. The Bertz CT molecular complexity index is 907. The fraction of sp³-hybridized carbons (Fsp3) is 0.267. The van der Waals surface area contributed by atoms with Crippen molar-refractivity contribution in [1.82, 2.24) is 19.5 Å². The van der Waals surface area contributed by atoms with Crippen LogP contribution in [0.3, 0.4) is 0 Å². The van der Waals surface area contributed by atoms with Gasteiger partial charge < -0.3 is 24.5 Å². The van der Waals surface area contributed by atoms with Crippen LogP contribution in [-0.2, 0) is 4.74 Å². The van der Waals surface area contributed by atoms with E-state index in [-0.39, 0.29) is 11.6 Å². The predicted molar refractivity (Wildman–Crippen MR) is 93.3 cm³/mol. The number of furan rings is 1. The van der Waals surface area contributed by atoms with Crippen LogP contribution in [0.25, 0.3) is 17.2 Å². The summed E-state index contributed by atoms with van der Waals surface area (Å²) in [5, 5.41) is 4.29. The minimum absolute atomic E-state index is 0.277. The molecule has 0 saturated heterocycles. The summed E-state index contributed by atoms with van der Waals surface area (Å²) in [5.41, 5.74) is 6.42. The fourth-order valence-corrected chi connectivity index (χ4v) is 2.39. The molecule has 0 aliphatic carbocycles. The Morgan fingerprint density at radius 2 is 2.24 bits per heavy atom. The van der Waals surface area contributed by atoms with Gasteiger partial charge >= 0.3 is 6.09 Å². The van der Waals surface area contributed by atoms with Crippen molar-refractivity contribution in [2.45, 2.75) is 0 Å². The predicted octanol–water partition coefficient (Wildman–Crippen LogP) is 2.41. The molecule has 3 aromatic rings. The van der Waals surface area contributed by atoms with E-state index in [1.165, 1.54) is 15.5 Å². The van der Waals surface area contributed by atoms with Crippen LogP contribution in [0.2, 0.25) is 0 Å². The maximum atomic E-state index is 12.0. The first kappa shape index (κ1) is 17.2. The number of hydrogen-bond donors (Lipinski definition) is 1. The van der Waals surface area contributed by atoms with Crippen molar-refractivity contribution >= 4 is 33.5 Å². The molecule has 132 valence electrons. The lowest BCUT2D eigenvalue weighted by Crippen LogP contribution is -2.32. The third kappa shape index (κ3) is 3.74. The molecule has 0 saturated carbocycles. The third-order valence-electron chi connectivity index (χ3n) is 3.38. The number of carbonyl (C=O) groups excluding carboxylic acids is 1. The molecule has 0 unspecified atom stereocenters. The van der Waals surface area contributed by atoms with Crippen LogP contribution < -0.4 is 10.5 Å². The Morgan fingerprint density at radius 3 is 2.92 bits per heavy atom. The first-order valence-corrected chi connectivity index (χ1v) is 8.11. The van der Waals surface area contributed by atoms with Crippen LogP contribution in [0.5, 0.6) is 5.75 Å². The van der Waals surface area contributed by atoms with Crippen LogP contribution in [0.1, 0.15) is 0 Å². The number of amides is 1. The average Bonchev–Trinajstić information content (AvgIpc) is 3.18. The van der Waals surface area contributed by atoms with E-state index >= 15 is 0 Å². The Kier molecular flexibility index (Phi) is 4.91. The van der Waals surface area contributed by atoms with Gasteiger partial charge in [0.05, 0.1) is 6.61 Å². The highest BCUT2D eigenvalue weighted by Crippen LogP contribution is 2.25. The molecule has 0 spiro atoms. The zero-order valence-corrected chi connectivity index (χ0v) is 15.2. The van der Waals surface area contributed by atoms with Crippen LogP contribution in [0.4, 0.5) is 10.6 Å². The first-order valence-electron chi connectivity index (χ1n) is 7.32. The molecule has 0 atom stereocenters. The second-order valence-electron chi connectivity index (χ2n) is 5.21. The number of nitrogens with two attached hydrogens (primary N) is 1. The number of carbonyl (C=O) groups is 1. The van der Waals surface area contributed by atoms with Crippen LogP contribution in [0, 0.1) is 0 Å². The fourth-order valence-electron chi connectivity index (χ4n) is 2.08. The van der Waals surface area contributed by atoms with E-state index in [9.17, 15) is 4.79 Å². The Morgan fingerprint density at radius 1 is 1.44 bits per heavy atom. The number of halogens is 1. The molecule has 0 fully saturated rings. The summed E-state index contributed by atoms with van der Waals surface area (Å²) in [4.78, 5) is 17.8. The first-order chi connectivity index (χ1) is 12.0. The quantitative estimate of drug-likeness (QED) is 0.688. The molecule has 0 aromatic carbocycles. The normalized spacial score (nSPS) is 11.0. The molecule has 2 N–H and O–H groups in total. The summed E-state index contributed by atoms with van der Waals surface area (Å²) >= 11 is 3.23. The monoisotopic (exact) mass is 409 g/mol. The maximum Gasteiger partial charge on any atom is 0.415 e. The molecule has 3 rings (SSSR count).